The van der Waals surface area contributed by atoms with Crippen LogP contribution < -0.4 is 15.1 Å². The van der Waals surface area contributed by atoms with Crippen LogP contribution in [0, 0.1) is 18.2 Å². The van der Waals surface area contributed by atoms with E-state index in [1.165, 1.54) is 13.3 Å². The lowest BCUT2D eigenvalue weighted by Gasteiger charge is -2.27. The Labute approximate surface area is 180 Å². The molecule has 0 unspecified atom stereocenters. The fraction of sp³-hybridized carbons (Fsp3) is 0.565. The Balaban J connectivity index is 1.79. The van der Waals surface area contributed by atoms with Crippen LogP contribution in [0.3, 0.4) is 0 Å². The van der Waals surface area contributed by atoms with Crippen molar-refractivity contribution in [2.24, 2.45) is 5.41 Å². The number of likely N-dealkylation sites (N-methyl/N-ethyl adjacent to an activating group) is 1. The maximum absolute atomic E-state index is 15.9. The van der Waals surface area contributed by atoms with Gasteiger partial charge in [0.2, 0.25) is 5.43 Å². The van der Waals surface area contributed by atoms with Crippen molar-refractivity contribution >= 4 is 22.6 Å². The van der Waals surface area contributed by atoms with E-state index in [1.807, 2.05) is 4.57 Å². The van der Waals surface area contributed by atoms with E-state index < -0.39 is 17.2 Å². The molecule has 2 heterocycles. The van der Waals surface area contributed by atoms with Gasteiger partial charge in [0.05, 0.1) is 18.0 Å². The van der Waals surface area contributed by atoms with Gasteiger partial charge in [0, 0.05) is 42.3 Å². The normalized spacial score (nSPS) is 22.0. The SMILES string of the molecule is COc1c(N2C[C@@H](N(C)C)C3(CC3)C2)c(F)c(C)c2c(=O)c(C(=O)O)cn(C3CC3)c12. The van der Waals surface area contributed by atoms with Crippen LogP contribution in [0.25, 0.3) is 10.9 Å². The van der Waals surface area contributed by atoms with Gasteiger partial charge in [-0.15, -0.1) is 0 Å². The van der Waals surface area contributed by atoms with E-state index in [-0.39, 0.29) is 28.0 Å². The van der Waals surface area contributed by atoms with Crippen molar-refractivity contribution in [3.63, 3.8) is 0 Å². The van der Waals surface area contributed by atoms with Crippen molar-refractivity contribution in [2.75, 3.05) is 39.2 Å². The number of halogens is 1. The summed E-state index contributed by atoms with van der Waals surface area (Å²) in [7, 11) is 5.61. The summed E-state index contributed by atoms with van der Waals surface area (Å²) < 4.78 is 23.4. The van der Waals surface area contributed by atoms with Gasteiger partial charge in [-0.1, -0.05) is 0 Å². The molecule has 3 aliphatic rings. The third kappa shape index (κ3) is 2.87. The zero-order valence-electron chi connectivity index (χ0n) is 18.4. The van der Waals surface area contributed by atoms with Gasteiger partial charge >= 0.3 is 5.97 Å². The van der Waals surface area contributed by atoms with Crippen molar-refractivity contribution in [1.29, 1.82) is 0 Å². The van der Waals surface area contributed by atoms with Crippen LogP contribution >= 0.6 is 0 Å². The van der Waals surface area contributed by atoms with Crippen LogP contribution in [0.5, 0.6) is 5.75 Å². The van der Waals surface area contributed by atoms with Crippen molar-refractivity contribution in [3.05, 3.63) is 33.4 Å². The Morgan fingerprint density at radius 3 is 2.48 bits per heavy atom. The van der Waals surface area contributed by atoms with Gasteiger partial charge in [-0.2, -0.15) is 0 Å². The first kappa shape index (κ1) is 20.3. The molecule has 1 atom stereocenters. The molecule has 1 spiro atoms. The fourth-order valence-corrected chi connectivity index (χ4v) is 5.47. The summed E-state index contributed by atoms with van der Waals surface area (Å²) in [6, 6.07) is 0.420. The second-order valence-corrected chi connectivity index (χ2v) is 9.58. The fourth-order valence-electron chi connectivity index (χ4n) is 5.47. The van der Waals surface area contributed by atoms with E-state index in [2.05, 4.69) is 23.9 Å². The highest BCUT2D eigenvalue weighted by Crippen LogP contribution is 2.56. The van der Waals surface area contributed by atoms with Gasteiger partial charge in [0.15, 0.2) is 11.6 Å². The van der Waals surface area contributed by atoms with Gasteiger partial charge in [0.1, 0.15) is 11.3 Å². The Morgan fingerprint density at radius 1 is 1.32 bits per heavy atom. The molecule has 3 fully saturated rings. The number of nitrogens with zero attached hydrogens (tertiary/aromatic N) is 3. The van der Waals surface area contributed by atoms with Crippen LogP contribution in [0.15, 0.2) is 11.0 Å². The molecule has 31 heavy (non-hydrogen) atoms. The Bertz CT molecular complexity index is 1160. The Kier molecular flexibility index (Phi) is 4.38. The third-order valence-electron chi connectivity index (χ3n) is 7.39. The number of aromatic nitrogens is 1. The number of anilines is 1. The molecule has 1 saturated heterocycles. The molecule has 0 bridgehead atoms. The summed E-state index contributed by atoms with van der Waals surface area (Å²) >= 11 is 0. The predicted molar refractivity (Wildman–Crippen MR) is 116 cm³/mol. The quantitative estimate of drug-likeness (QED) is 0.788. The summed E-state index contributed by atoms with van der Waals surface area (Å²) in [5.74, 6) is -1.47. The van der Waals surface area contributed by atoms with E-state index in [0.717, 1.165) is 32.2 Å². The van der Waals surface area contributed by atoms with Crippen LogP contribution in [0.1, 0.15) is 47.6 Å². The lowest BCUT2D eigenvalue weighted by Crippen LogP contribution is -2.36. The highest BCUT2D eigenvalue weighted by molar-refractivity contribution is 5.99. The van der Waals surface area contributed by atoms with Gasteiger partial charge in [-0.05, 0) is 46.7 Å². The lowest BCUT2D eigenvalue weighted by molar-refractivity contribution is 0.0695. The number of ether oxygens (including phenoxy) is 1. The molecule has 2 saturated carbocycles. The van der Waals surface area contributed by atoms with Crippen LogP contribution in [0.2, 0.25) is 0 Å². The van der Waals surface area contributed by atoms with Crippen molar-refractivity contribution in [3.8, 4) is 5.75 Å². The smallest absolute Gasteiger partial charge is 0.341 e. The molecular weight excluding hydrogens is 401 g/mol. The first-order valence-electron chi connectivity index (χ1n) is 10.8. The van der Waals surface area contributed by atoms with E-state index in [9.17, 15) is 14.7 Å². The number of carboxylic acid groups (broad SMARTS) is 1. The first-order chi connectivity index (χ1) is 14.7. The topological polar surface area (TPSA) is 75.0 Å². The monoisotopic (exact) mass is 429 g/mol. The summed E-state index contributed by atoms with van der Waals surface area (Å²) in [6.45, 7) is 3.00. The minimum Gasteiger partial charge on any atom is -0.492 e. The molecule has 1 aliphatic heterocycles. The number of fused-ring (bicyclic) bond motifs is 1. The average molecular weight is 429 g/mol. The summed E-state index contributed by atoms with van der Waals surface area (Å²) in [5.41, 5.74) is 0.264. The van der Waals surface area contributed by atoms with E-state index in [1.54, 1.807) is 6.92 Å². The molecule has 1 N–H and O–H groups in total. The van der Waals surface area contributed by atoms with E-state index >= 15 is 4.39 Å². The van der Waals surface area contributed by atoms with Gasteiger partial charge < -0.3 is 24.2 Å². The molecule has 2 aromatic rings. The number of carboxylic acids is 1. The Hall–Kier alpha value is -2.61. The van der Waals surface area contributed by atoms with Gasteiger partial charge in [-0.25, -0.2) is 9.18 Å². The average Bonchev–Trinajstić information content (AvgIpc) is 3.62. The highest BCUT2D eigenvalue weighted by Gasteiger charge is 2.56. The maximum atomic E-state index is 15.9. The molecule has 0 amide bonds. The maximum Gasteiger partial charge on any atom is 0.341 e. The summed E-state index contributed by atoms with van der Waals surface area (Å²) in [4.78, 5) is 29.0. The zero-order valence-corrected chi connectivity index (χ0v) is 18.4. The number of carbonyl (C=O) groups is 1. The van der Waals surface area contributed by atoms with Crippen LogP contribution in [-0.4, -0.2) is 60.9 Å². The molecule has 5 rings (SSSR count). The van der Waals surface area contributed by atoms with Gasteiger partial charge in [-0.3, -0.25) is 4.79 Å². The Morgan fingerprint density at radius 2 is 2.00 bits per heavy atom. The highest BCUT2D eigenvalue weighted by atomic mass is 19.1. The number of pyridine rings is 1. The number of aromatic carboxylic acids is 1. The molecule has 0 radical (unpaired) electrons. The van der Waals surface area contributed by atoms with Gasteiger partial charge in [0.25, 0.3) is 0 Å². The number of rotatable bonds is 5. The number of hydrogen-bond acceptors (Lipinski definition) is 5. The number of benzene rings is 1. The molecular formula is C23H28FN3O4. The number of aryl methyl sites for hydroxylation is 1. The standard InChI is InChI=1S/C23H28FN3O4/c1-12-16-18(27(13-5-6-13)9-14(20(16)28)22(29)30)21(31-4)19(17(12)24)26-10-15(25(2)3)23(11-26)7-8-23/h9,13,15H,5-8,10-11H2,1-4H3,(H,29,30)/t15-/m1/s1. The number of methoxy groups -OCH3 is 1. The number of hydrogen-bond donors (Lipinski definition) is 1. The van der Waals surface area contributed by atoms with E-state index in [0.29, 0.717) is 29.5 Å². The second kappa shape index (κ2) is 6.69. The summed E-state index contributed by atoms with van der Waals surface area (Å²) in [6.07, 6.45) is 5.43. The molecule has 166 valence electrons. The predicted octanol–water partition coefficient (Wildman–Crippen LogP) is 3.02. The lowest BCUT2D eigenvalue weighted by atomic mass is 10.0. The summed E-state index contributed by atoms with van der Waals surface area (Å²) in [5, 5.41) is 9.67. The molecule has 1 aromatic carbocycles. The zero-order chi connectivity index (χ0) is 22.2. The second-order valence-electron chi connectivity index (χ2n) is 9.58. The van der Waals surface area contributed by atoms with Crippen molar-refractivity contribution < 1.29 is 19.0 Å². The molecule has 8 heteroatoms. The first-order valence-corrected chi connectivity index (χ1v) is 10.8. The van der Waals surface area contributed by atoms with Crippen molar-refractivity contribution in [2.45, 2.75) is 44.7 Å². The van der Waals surface area contributed by atoms with E-state index in [4.69, 9.17) is 4.74 Å². The minimum absolute atomic E-state index is 0.0932. The third-order valence-corrected chi connectivity index (χ3v) is 7.39. The largest absolute Gasteiger partial charge is 0.492 e. The van der Waals surface area contributed by atoms with Crippen LogP contribution in [0.4, 0.5) is 10.1 Å². The van der Waals surface area contributed by atoms with Crippen molar-refractivity contribution in [1.82, 2.24) is 9.47 Å². The molecule has 1 aromatic heterocycles. The molecule has 7 nitrogen and oxygen atoms in total. The van der Waals surface area contributed by atoms with Crippen LogP contribution in [-0.2, 0) is 0 Å². The minimum atomic E-state index is -1.30. The molecule has 2 aliphatic carbocycles.